The SMILES string of the molecule is O=C(Oc1ccc([N+](=O)[O-])cc1)O[C@@H]1CCC[C@]2(C1)OOC1(CC3CCC1C3)O2. The summed E-state index contributed by atoms with van der Waals surface area (Å²) in [4.78, 5) is 33.8. The van der Waals surface area contributed by atoms with Gasteiger partial charge in [0.25, 0.3) is 5.69 Å². The van der Waals surface area contributed by atoms with Crippen molar-refractivity contribution in [2.24, 2.45) is 11.8 Å². The van der Waals surface area contributed by atoms with E-state index in [4.69, 9.17) is 24.0 Å². The molecule has 1 aromatic rings. The molecule has 2 bridgehead atoms. The third-order valence-corrected chi connectivity index (χ3v) is 6.56. The van der Waals surface area contributed by atoms with Gasteiger partial charge in [-0.15, -0.1) is 0 Å². The predicted octanol–water partition coefficient (Wildman–Crippen LogP) is 4.24. The Kier molecular flexibility index (Phi) is 4.49. The van der Waals surface area contributed by atoms with Crippen LogP contribution in [0.2, 0.25) is 0 Å². The van der Waals surface area contributed by atoms with Crippen molar-refractivity contribution in [1.29, 1.82) is 0 Å². The second kappa shape index (κ2) is 6.93. The monoisotopic (exact) mass is 405 g/mol. The van der Waals surface area contributed by atoms with Crippen LogP contribution in [0.15, 0.2) is 24.3 Å². The van der Waals surface area contributed by atoms with Gasteiger partial charge in [0.1, 0.15) is 11.9 Å². The van der Waals surface area contributed by atoms with E-state index in [0.29, 0.717) is 31.1 Å². The van der Waals surface area contributed by atoms with Crippen LogP contribution in [0.3, 0.4) is 0 Å². The molecule has 1 saturated heterocycles. The molecule has 5 rings (SSSR count). The minimum atomic E-state index is -0.874. The van der Waals surface area contributed by atoms with E-state index in [0.717, 1.165) is 25.7 Å². The normalized spacial score (nSPS) is 37.9. The highest BCUT2D eigenvalue weighted by molar-refractivity contribution is 5.64. The summed E-state index contributed by atoms with van der Waals surface area (Å²) in [6.07, 6.45) is 5.61. The Bertz CT molecular complexity index is 813. The van der Waals surface area contributed by atoms with Crippen LogP contribution >= 0.6 is 0 Å². The molecule has 5 atom stereocenters. The molecule has 0 radical (unpaired) electrons. The standard InChI is InChI=1S/C20H23NO8/c22-18(25-16-7-5-15(6-8-16)21(23)24)26-17-2-1-9-19(12-17)27-20(29-28-19)11-13-3-4-14(20)10-13/h5-8,13-14,17H,1-4,9-12H2/t13?,14?,17-,19-,20?/m1/s1. The van der Waals surface area contributed by atoms with Crippen LogP contribution in [0, 0.1) is 22.0 Å². The zero-order chi connectivity index (χ0) is 20.1. The first-order valence-corrected chi connectivity index (χ1v) is 10.2. The summed E-state index contributed by atoms with van der Waals surface area (Å²) in [6.45, 7) is 0. The van der Waals surface area contributed by atoms with E-state index < -0.39 is 28.8 Å². The molecule has 4 aliphatic rings. The lowest BCUT2D eigenvalue weighted by molar-refractivity contribution is -0.384. The molecule has 29 heavy (non-hydrogen) atoms. The van der Waals surface area contributed by atoms with Gasteiger partial charge in [-0.05, 0) is 50.2 Å². The van der Waals surface area contributed by atoms with E-state index >= 15 is 0 Å². The Morgan fingerprint density at radius 2 is 1.97 bits per heavy atom. The second-order valence-electron chi connectivity index (χ2n) is 8.51. The van der Waals surface area contributed by atoms with E-state index in [1.807, 2.05) is 0 Å². The molecule has 1 aliphatic heterocycles. The lowest BCUT2D eigenvalue weighted by Gasteiger charge is -2.36. The molecule has 0 N–H and O–H groups in total. The number of nitrogens with zero attached hydrogens (tertiary/aromatic N) is 1. The number of hydrogen-bond acceptors (Lipinski definition) is 8. The van der Waals surface area contributed by atoms with E-state index in [1.165, 1.54) is 30.7 Å². The Labute approximate surface area is 167 Å². The zero-order valence-electron chi connectivity index (χ0n) is 15.9. The van der Waals surface area contributed by atoms with Gasteiger partial charge in [0.05, 0.1) is 4.92 Å². The van der Waals surface area contributed by atoms with Gasteiger partial charge < -0.3 is 14.2 Å². The van der Waals surface area contributed by atoms with Crippen molar-refractivity contribution in [3.05, 3.63) is 34.4 Å². The number of ether oxygens (including phenoxy) is 3. The highest BCUT2D eigenvalue weighted by Gasteiger charge is 2.63. The Balaban J connectivity index is 1.18. The molecule has 2 spiro atoms. The lowest BCUT2D eigenvalue weighted by Crippen LogP contribution is -2.44. The first-order chi connectivity index (χ1) is 14.0. The molecule has 3 saturated carbocycles. The molecule has 3 unspecified atom stereocenters. The Hall–Kier alpha value is -2.23. The summed E-state index contributed by atoms with van der Waals surface area (Å²) in [5, 5.41) is 10.7. The van der Waals surface area contributed by atoms with Gasteiger partial charge in [0.15, 0.2) is 0 Å². The fraction of sp³-hybridized carbons (Fsp3) is 0.650. The van der Waals surface area contributed by atoms with Gasteiger partial charge in [0.2, 0.25) is 11.6 Å². The van der Waals surface area contributed by atoms with Gasteiger partial charge in [-0.2, -0.15) is 9.78 Å². The summed E-state index contributed by atoms with van der Waals surface area (Å²) >= 11 is 0. The molecule has 1 heterocycles. The van der Waals surface area contributed by atoms with Crippen LogP contribution in [0.5, 0.6) is 5.75 Å². The fourth-order valence-electron chi connectivity index (χ4n) is 5.26. The maximum absolute atomic E-state index is 12.2. The van der Waals surface area contributed by atoms with Crippen molar-refractivity contribution >= 4 is 11.8 Å². The third-order valence-electron chi connectivity index (χ3n) is 6.56. The van der Waals surface area contributed by atoms with E-state index in [1.54, 1.807) is 0 Å². The van der Waals surface area contributed by atoms with Gasteiger partial charge >= 0.3 is 6.16 Å². The molecule has 9 heteroatoms. The van der Waals surface area contributed by atoms with Crippen LogP contribution in [-0.2, 0) is 19.2 Å². The highest BCUT2D eigenvalue weighted by atomic mass is 17.3. The van der Waals surface area contributed by atoms with E-state index in [-0.39, 0.29) is 11.4 Å². The van der Waals surface area contributed by atoms with Crippen LogP contribution in [-0.4, -0.2) is 28.8 Å². The molecular formula is C20H23NO8. The number of non-ortho nitro benzene ring substituents is 1. The largest absolute Gasteiger partial charge is 0.514 e. The second-order valence-corrected chi connectivity index (χ2v) is 8.51. The lowest BCUT2D eigenvalue weighted by atomic mass is 9.90. The molecule has 156 valence electrons. The summed E-state index contributed by atoms with van der Waals surface area (Å²) in [7, 11) is 0. The minimum absolute atomic E-state index is 0.0787. The Morgan fingerprint density at radius 1 is 1.14 bits per heavy atom. The number of rotatable bonds is 3. The third kappa shape index (κ3) is 3.47. The van der Waals surface area contributed by atoms with Crippen LogP contribution in [0.25, 0.3) is 0 Å². The van der Waals surface area contributed by atoms with E-state index in [2.05, 4.69) is 0 Å². The fourth-order valence-corrected chi connectivity index (χ4v) is 5.26. The number of hydrogen-bond donors (Lipinski definition) is 0. The number of benzene rings is 1. The first-order valence-electron chi connectivity index (χ1n) is 10.2. The van der Waals surface area contributed by atoms with Crippen LogP contribution in [0.4, 0.5) is 10.5 Å². The molecule has 3 aliphatic carbocycles. The van der Waals surface area contributed by atoms with Crippen molar-refractivity contribution in [3.8, 4) is 5.75 Å². The molecule has 9 nitrogen and oxygen atoms in total. The van der Waals surface area contributed by atoms with Gasteiger partial charge in [-0.1, -0.05) is 0 Å². The number of carbonyl (C=O) groups excluding carboxylic acids is 1. The highest BCUT2D eigenvalue weighted by Crippen LogP contribution is 2.59. The van der Waals surface area contributed by atoms with Gasteiger partial charge in [0, 0.05) is 37.3 Å². The minimum Gasteiger partial charge on any atom is -0.430 e. The number of fused-ring (bicyclic) bond motifs is 3. The Morgan fingerprint density at radius 3 is 2.66 bits per heavy atom. The van der Waals surface area contributed by atoms with Gasteiger partial charge in [-0.25, -0.2) is 4.79 Å². The first kappa shape index (κ1) is 18.8. The zero-order valence-corrected chi connectivity index (χ0v) is 15.9. The van der Waals surface area contributed by atoms with Crippen molar-refractivity contribution in [2.45, 2.75) is 69.0 Å². The molecular weight excluding hydrogens is 382 g/mol. The summed E-state index contributed by atoms with van der Waals surface area (Å²) < 4.78 is 17.0. The molecule has 0 amide bonds. The number of nitro groups is 1. The maximum Gasteiger partial charge on any atom is 0.514 e. The van der Waals surface area contributed by atoms with E-state index in [9.17, 15) is 14.9 Å². The van der Waals surface area contributed by atoms with Crippen molar-refractivity contribution in [3.63, 3.8) is 0 Å². The summed E-state index contributed by atoms with van der Waals surface area (Å²) in [5.41, 5.74) is -0.0787. The van der Waals surface area contributed by atoms with Crippen LogP contribution < -0.4 is 4.74 Å². The molecule has 0 aromatic heterocycles. The number of carbonyl (C=O) groups is 1. The van der Waals surface area contributed by atoms with Crippen molar-refractivity contribution in [1.82, 2.24) is 0 Å². The van der Waals surface area contributed by atoms with Crippen molar-refractivity contribution < 1.29 is 33.7 Å². The average Bonchev–Trinajstić information content (AvgIpc) is 3.37. The predicted molar refractivity (Wildman–Crippen MR) is 96.6 cm³/mol. The maximum atomic E-state index is 12.2. The number of nitro benzene ring substituents is 1. The summed E-state index contributed by atoms with van der Waals surface area (Å²) in [6, 6.07) is 5.25. The quantitative estimate of drug-likeness (QED) is 0.242. The topological polar surface area (TPSA) is 106 Å². The average molecular weight is 405 g/mol. The van der Waals surface area contributed by atoms with Crippen LogP contribution in [0.1, 0.15) is 51.4 Å². The smallest absolute Gasteiger partial charge is 0.430 e. The molecule has 1 aromatic carbocycles. The summed E-state index contributed by atoms with van der Waals surface area (Å²) in [5.74, 6) is -0.305. The van der Waals surface area contributed by atoms with Crippen molar-refractivity contribution in [2.75, 3.05) is 0 Å². The van der Waals surface area contributed by atoms with Gasteiger partial charge in [-0.3, -0.25) is 10.1 Å². The molecule has 4 fully saturated rings.